The lowest BCUT2D eigenvalue weighted by Crippen LogP contribution is -2.62. The van der Waals surface area contributed by atoms with E-state index in [1.165, 1.54) is 31.3 Å². The van der Waals surface area contributed by atoms with E-state index in [0.717, 1.165) is 19.1 Å². The fourth-order valence-electron chi connectivity index (χ4n) is 2.40. The van der Waals surface area contributed by atoms with Crippen LogP contribution in [0, 0.1) is 0 Å². The van der Waals surface area contributed by atoms with Crippen LogP contribution >= 0.6 is 11.3 Å². The zero-order chi connectivity index (χ0) is 11.0. The highest BCUT2D eigenvalue weighted by Crippen LogP contribution is 2.25. The number of hydrogen-bond acceptors (Lipinski definition) is 5. The first-order valence-corrected chi connectivity index (χ1v) is 6.78. The summed E-state index contributed by atoms with van der Waals surface area (Å²) in [5.41, 5.74) is 0. The Balaban J connectivity index is 1.50. The van der Waals surface area contributed by atoms with Gasteiger partial charge >= 0.3 is 0 Å². The van der Waals surface area contributed by atoms with Gasteiger partial charge in [-0.3, -0.25) is 4.90 Å². The predicted octanol–water partition coefficient (Wildman–Crippen LogP) is 0.579. The van der Waals surface area contributed by atoms with Gasteiger partial charge in [0.2, 0.25) is 0 Å². The lowest BCUT2D eigenvalue weighted by molar-refractivity contribution is 0.0963. The molecule has 3 rings (SSSR count). The Bertz CT molecular complexity index is 326. The lowest BCUT2D eigenvalue weighted by atomic mass is 10.1. The largest absolute Gasteiger partial charge is 0.345 e. The average molecular weight is 238 g/mol. The number of hydrogen-bond donors (Lipinski definition) is 0. The summed E-state index contributed by atoms with van der Waals surface area (Å²) in [6.45, 7) is 7.22. The third kappa shape index (κ3) is 1.95. The van der Waals surface area contributed by atoms with Crippen LogP contribution in [0.25, 0.3) is 0 Å². The standard InChI is InChI=1S/C11H18N4S/c1-13-3-5-14(6-4-13)10-8-15(9-10)11-12-2-7-16-11/h2,7,10H,3-6,8-9H2,1H3. The second kappa shape index (κ2) is 4.31. The summed E-state index contributed by atoms with van der Waals surface area (Å²) >= 11 is 1.74. The Morgan fingerprint density at radius 2 is 2.00 bits per heavy atom. The van der Waals surface area contributed by atoms with Crippen LogP contribution < -0.4 is 4.90 Å². The summed E-state index contributed by atoms with van der Waals surface area (Å²) in [4.78, 5) is 11.8. The minimum atomic E-state index is 0.762. The van der Waals surface area contributed by atoms with Crippen LogP contribution in [0.3, 0.4) is 0 Å². The van der Waals surface area contributed by atoms with E-state index in [4.69, 9.17) is 0 Å². The zero-order valence-electron chi connectivity index (χ0n) is 9.67. The first kappa shape index (κ1) is 10.5. The van der Waals surface area contributed by atoms with Crippen molar-refractivity contribution < 1.29 is 0 Å². The highest BCUT2D eigenvalue weighted by molar-refractivity contribution is 7.13. The van der Waals surface area contributed by atoms with Crippen LogP contribution in [0.2, 0.25) is 0 Å². The molecule has 0 spiro atoms. The zero-order valence-corrected chi connectivity index (χ0v) is 10.5. The summed E-state index contributed by atoms with van der Waals surface area (Å²) in [5, 5.41) is 3.24. The van der Waals surface area contributed by atoms with Crippen molar-refractivity contribution in [2.24, 2.45) is 0 Å². The van der Waals surface area contributed by atoms with Crippen LogP contribution in [-0.4, -0.2) is 67.1 Å². The highest BCUT2D eigenvalue weighted by atomic mass is 32.1. The molecule has 0 unspecified atom stereocenters. The Labute approximate surface area is 100 Å². The number of anilines is 1. The minimum Gasteiger partial charge on any atom is -0.345 e. The normalized spacial score (nSPS) is 24.7. The van der Waals surface area contributed by atoms with Gasteiger partial charge in [-0.1, -0.05) is 0 Å². The van der Waals surface area contributed by atoms with Gasteiger partial charge in [-0.2, -0.15) is 0 Å². The first-order valence-electron chi connectivity index (χ1n) is 5.90. The van der Waals surface area contributed by atoms with Gasteiger partial charge in [-0.05, 0) is 7.05 Å². The maximum atomic E-state index is 4.35. The van der Waals surface area contributed by atoms with E-state index in [1.807, 2.05) is 6.20 Å². The van der Waals surface area contributed by atoms with Gasteiger partial charge in [0.1, 0.15) is 0 Å². The highest BCUT2D eigenvalue weighted by Gasteiger charge is 2.33. The molecule has 1 aromatic heterocycles. The summed E-state index contributed by atoms with van der Waals surface area (Å²) in [5.74, 6) is 0. The summed E-state index contributed by atoms with van der Waals surface area (Å²) in [6, 6.07) is 0.762. The molecule has 16 heavy (non-hydrogen) atoms. The average Bonchev–Trinajstić information content (AvgIpc) is 2.72. The molecular formula is C11H18N4S. The second-order valence-corrected chi connectivity index (χ2v) is 5.59. The second-order valence-electron chi connectivity index (χ2n) is 4.71. The van der Waals surface area contributed by atoms with Crippen molar-refractivity contribution in [2.75, 3.05) is 51.2 Å². The van der Waals surface area contributed by atoms with E-state index < -0.39 is 0 Å². The van der Waals surface area contributed by atoms with E-state index in [2.05, 4.69) is 32.1 Å². The van der Waals surface area contributed by atoms with Crippen molar-refractivity contribution in [1.29, 1.82) is 0 Å². The van der Waals surface area contributed by atoms with Crippen molar-refractivity contribution >= 4 is 16.5 Å². The number of nitrogens with zero attached hydrogens (tertiary/aromatic N) is 4. The van der Waals surface area contributed by atoms with Crippen LogP contribution in [0.5, 0.6) is 0 Å². The number of likely N-dealkylation sites (N-methyl/N-ethyl adjacent to an activating group) is 1. The smallest absolute Gasteiger partial charge is 0.185 e. The molecule has 2 aliphatic heterocycles. The molecule has 2 aliphatic rings. The molecule has 2 fully saturated rings. The van der Waals surface area contributed by atoms with E-state index in [9.17, 15) is 0 Å². The Hall–Kier alpha value is -0.650. The fraction of sp³-hybridized carbons (Fsp3) is 0.727. The Morgan fingerprint density at radius 1 is 1.25 bits per heavy atom. The number of aromatic nitrogens is 1. The molecule has 0 amide bonds. The summed E-state index contributed by atoms with van der Waals surface area (Å²) in [6.07, 6.45) is 1.89. The van der Waals surface area contributed by atoms with Gasteiger partial charge in [0.05, 0.1) is 0 Å². The molecule has 0 aromatic carbocycles. The van der Waals surface area contributed by atoms with Crippen molar-refractivity contribution in [1.82, 2.24) is 14.8 Å². The maximum Gasteiger partial charge on any atom is 0.185 e. The van der Waals surface area contributed by atoms with E-state index in [0.29, 0.717) is 0 Å². The van der Waals surface area contributed by atoms with E-state index in [-0.39, 0.29) is 0 Å². The first-order chi connectivity index (χ1) is 7.83. The summed E-state index contributed by atoms with van der Waals surface area (Å²) in [7, 11) is 2.21. The van der Waals surface area contributed by atoms with Crippen LogP contribution in [0.15, 0.2) is 11.6 Å². The monoisotopic (exact) mass is 238 g/mol. The third-order valence-corrected chi connectivity index (χ3v) is 4.44. The molecule has 0 atom stereocenters. The van der Waals surface area contributed by atoms with Gasteiger partial charge < -0.3 is 9.80 Å². The Kier molecular flexibility index (Phi) is 2.83. The van der Waals surface area contributed by atoms with E-state index >= 15 is 0 Å². The van der Waals surface area contributed by atoms with Gasteiger partial charge in [-0.25, -0.2) is 4.98 Å². The molecular weight excluding hydrogens is 220 g/mol. The van der Waals surface area contributed by atoms with Crippen LogP contribution in [-0.2, 0) is 0 Å². The van der Waals surface area contributed by atoms with Crippen molar-refractivity contribution in [3.05, 3.63) is 11.6 Å². The van der Waals surface area contributed by atoms with Crippen LogP contribution in [0.4, 0.5) is 5.13 Å². The fourth-order valence-corrected chi connectivity index (χ4v) is 3.06. The van der Waals surface area contributed by atoms with Gasteiger partial charge in [0.25, 0.3) is 0 Å². The van der Waals surface area contributed by atoms with Gasteiger partial charge in [-0.15, -0.1) is 11.3 Å². The van der Waals surface area contributed by atoms with Crippen LogP contribution in [0.1, 0.15) is 0 Å². The molecule has 3 heterocycles. The maximum absolute atomic E-state index is 4.35. The SMILES string of the molecule is CN1CCN(C2CN(c3nccs3)C2)CC1. The topological polar surface area (TPSA) is 22.6 Å². The van der Waals surface area contributed by atoms with Crippen molar-refractivity contribution in [3.8, 4) is 0 Å². The van der Waals surface area contributed by atoms with Crippen molar-refractivity contribution in [2.45, 2.75) is 6.04 Å². The minimum absolute atomic E-state index is 0.762. The molecule has 0 bridgehead atoms. The quantitative estimate of drug-likeness (QED) is 0.751. The molecule has 1 aromatic rings. The Morgan fingerprint density at radius 3 is 2.62 bits per heavy atom. The molecule has 2 saturated heterocycles. The lowest BCUT2D eigenvalue weighted by Gasteiger charge is -2.47. The van der Waals surface area contributed by atoms with Crippen molar-refractivity contribution in [3.63, 3.8) is 0 Å². The molecule has 0 radical (unpaired) electrons. The number of thiazole rings is 1. The molecule has 0 N–H and O–H groups in total. The number of piperazine rings is 1. The van der Waals surface area contributed by atoms with Gasteiger partial charge in [0, 0.05) is 56.9 Å². The molecule has 0 saturated carbocycles. The molecule has 4 nitrogen and oxygen atoms in total. The molecule has 5 heteroatoms. The van der Waals surface area contributed by atoms with Gasteiger partial charge in [0.15, 0.2) is 5.13 Å². The summed E-state index contributed by atoms with van der Waals surface area (Å²) < 4.78 is 0. The molecule has 88 valence electrons. The predicted molar refractivity (Wildman–Crippen MR) is 67.2 cm³/mol. The third-order valence-electron chi connectivity index (χ3n) is 3.61. The molecule has 0 aliphatic carbocycles. The number of rotatable bonds is 2. The van der Waals surface area contributed by atoms with E-state index in [1.54, 1.807) is 11.3 Å².